The second-order valence-corrected chi connectivity index (χ2v) is 20.5. The molecule has 1 saturated heterocycles. The number of alkyl halides is 2. The number of Topliss-reactive ketones (excluding diaryl/α,β-unsaturated/α-hetero) is 1. The highest BCUT2D eigenvalue weighted by Gasteiger charge is 2.45. The van der Waals surface area contributed by atoms with E-state index in [4.69, 9.17) is 65.8 Å². The lowest BCUT2D eigenvalue weighted by Crippen LogP contribution is -2.44. The van der Waals surface area contributed by atoms with Crippen LogP contribution in [0.25, 0.3) is 0 Å². The number of esters is 4. The van der Waals surface area contributed by atoms with Gasteiger partial charge in [0.05, 0.1) is 43.4 Å². The molecule has 0 aromatic heterocycles. The van der Waals surface area contributed by atoms with Crippen LogP contribution in [-0.4, -0.2) is 79.4 Å². The van der Waals surface area contributed by atoms with Crippen molar-refractivity contribution in [2.45, 2.75) is 150 Å². The molecule has 3 aromatic rings. The third kappa shape index (κ3) is 11.3. The van der Waals surface area contributed by atoms with E-state index in [1.807, 2.05) is 27.7 Å². The first-order valence-electron chi connectivity index (χ1n) is 23.9. The minimum Gasteiger partial charge on any atom is -0.496 e. The number of aldehydes is 1. The molecule has 71 heavy (non-hydrogen) atoms. The third-order valence-corrected chi connectivity index (χ3v) is 15.3. The number of hydrogen-bond acceptors (Lipinski definition) is 15. The molecule has 0 N–H and O–H groups in total. The van der Waals surface area contributed by atoms with E-state index in [1.165, 1.54) is 0 Å². The first-order chi connectivity index (χ1) is 33.6. The van der Waals surface area contributed by atoms with Crippen molar-refractivity contribution in [3.63, 3.8) is 0 Å². The Morgan fingerprint density at radius 3 is 1.58 bits per heavy atom. The summed E-state index contributed by atoms with van der Waals surface area (Å²) in [5.41, 5.74) is 6.90. The molecule has 0 saturated carbocycles. The largest absolute Gasteiger partial charge is 0.496 e. The van der Waals surface area contributed by atoms with Gasteiger partial charge in [0.25, 0.3) is 0 Å². The van der Waals surface area contributed by atoms with E-state index in [1.54, 1.807) is 46.5 Å². The fourth-order valence-corrected chi connectivity index (χ4v) is 10.1. The van der Waals surface area contributed by atoms with Gasteiger partial charge in [-0.3, -0.25) is 4.79 Å². The molecule has 0 bridgehead atoms. The van der Waals surface area contributed by atoms with Gasteiger partial charge in [-0.15, -0.1) is 23.2 Å². The van der Waals surface area contributed by atoms with Crippen LogP contribution in [0.15, 0.2) is 18.2 Å². The second kappa shape index (κ2) is 22.5. The minimum atomic E-state index is -0.445. The fourth-order valence-electron chi connectivity index (χ4n) is 10.1. The van der Waals surface area contributed by atoms with Crippen molar-refractivity contribution in [3.05, 3.63) is 73.8 Å². The molecule has 0 amide bonds. The van der Waals surface area contributed by atoms with Gasteiger partial charge in [-0.1, -0.05) is 20.8 Å². The molecule has 17 heteroatoms. The van der Waals surface area contributed by atoms with E-state index >= 15 is 0 Å². The SMILES string of the molecule is COc1cc2c(c(C)c1C[C@H](C)[C@]1(C)CCC(=O)O1)COC2=O.COc1cc2c(c3c1C[C@H](C)[C@](C)(CCC(C)=O)O3)COC2=O.COc1cc2c(c3c1C[C@H](C)[C@](C)(CCC=O)O3)COC2=O.ClCCl. The number of ketones is 1. The number of carbonyl (C=O) groups excluding carboxylic acids is 6. The Balaban J connectivity index is 0.000000169. The van der Waals surface area contributed by atoms with Crippen LogP contribution >= 0.6 is 23.2 Å². The predicted molar refractivity (Wildman–Crippen MR) is 263 cm³/mol. The molecule has 6 atom stereocenters. The summed E-state index contributed by atoms with van der Waals surface area (Å²) in [6.45, 7) is 16.7. The van der Waals surface area contributed by atoms with E-state index in [0.29, 0.717) is 84.1 Å². The summed E-state index contributed by atoms with van der Waals surface area (Å²) in [6.07, 6.45) is 6.67. The molecule has 0 aliphatic carbocycles. The Morgan fingerprint density at radius 2 is 1.15 bits per heavy atom. The first kappa shape index (κ1) is 54.8. The molecule has 9 rings (SSSR count). The van der Waals surface area contributed by atoms with Crippen LogP contribution in [0, 0.1) is 24.7 Å². The zero-order valence-corrected chi connectivity index (χ0v) is 44.1. The predicted octanol–water partition coefficient (Wildman–Crippen LogP) is 10.1. The van der Waals surface area contributed by atoms with Gasteiger partial charge in [-0.2, -0.15) is 0 Å². The number of halogens is 2. The van der Waals surface area contributed by atoms with Crippen LogP contribution in [-0.2, 0) is 72.4 Å². The van der Waals surface area contributed by atoms with Crippen LogP contribution in [0.5, 0.6) is 28.7 Å². The van der Waals surface area contributed by atoms with Crippen LogP contribution in [0.1, 0.15) is 157 Å². The smallest absolute Gasteiger partial charge is 0.339 e. The molecule has 0 spiro atoms. The summed E-state index contributed by atoms with van der Waals surface area (Å²) in [5.74, 6) is 3.11. The maximum atomic E-state index is 11.9. The molecule has 386 valence electrons. The molecule has 0 unspecified atom stereocenters. The van der Waals surface area contributed by atoms with Gasteiger partial charge in [0.1, 0.15) is 77.4 Å². The zero-order chi connectivity index (χ0) is 52.2. The van der Waals surface area contributed by atoms with Crippen molar-refractivity contribution in [1.29, 1.82) is 0 Å². The number of cyclic esters (lactones) is 4. The van der Waals surface area contributed by atoms with Gasteiger partial charge >= 0.3 is 23.9 Å². The first-order valence-corrected chi connectivity index (χ1v) is 25.0. The number of rotatable bonds is 12. The summed E-state index contributed by atoms with van der Waals surface area (Å²) in [7, 11) is 4.79. The number of carbonyl (C=O) groups is 6. The molecular weight excluding hydrogens is 959 g/mol. The van der Waals surface area contributed by atoms with Gasteiger partial charge in [0.15, 0.2) is 0 Å². The summed E-state index contributed by atoms with van der Waals surface area (Å²) < 4.78 is 50.0. The van der Waals surface area contributed by atoms with Crippen molar-refractivity contribution in [2.24, 2.45) is 17.8 Å². The third-order valence-electron chi connectivity index (χ3n) is 15.3. The Labute approximate surface area is 425 Å². The molecule has 0 radical (unpaired) electrons. The van der Waals surface area contributed by atoms with Crippen molar-refractivity contribution < 1.29 is 71.4 Å². The average molecular weight is 1030 g/mol. The number of methoxy groups -OCH3 is 3. The number of hydrogen-bond donors (Lipinski definition) is 0. The molecule has 6 aliphatic rings. The molecule has 3 aromatic carbocycles. The molecular formula is C54H66Cl2O15. The molecule has 15 nitrogen and oxygen atoms in total. The summed E-state index contributed by atoms with van der Waals surface area (Å²) in [6, 6.07) is 5.26. The Kier molecular flexibility index (Phi) is 17.3. The van der Waals surface area contributed by atoms with Crippen molar-refractivity contribution in [2.75, 3.05) is 26.7 Å². The second-order valence-electron chi connectivity index (χ2n) is 19.7. The van der Waals surface area contributed by atoms with Gasteiger partial charge in [0, 0.05) is 47.1 Å². The normalized spacial score (nSPS) is 24.2. The number of ether oxygens (including phenoxy) is 9. The Hall–Kier alpha value is -5.54. The van der Waals surface area contributed by atoms with E-state index in [9.17, 15) is 28.8 Å². The summed E-state index contributed by atoms with van der Waals surface area (Å²) >= 11 is 9.53. The van der Waals surface area contributed by atoms with E-state index in [-0.39, 0.29) is 66.0 Å². The highest BCUT2D eigenvalue weighted by molar-refractivity contribution is 6.40. The quantitative estimate of drug-likeness (QED) is 0.0722. The average Bonchev–Trinajstić information content (AvgIpc) is 4.12. The van der Waals surface area contributed by atoms with E-state index < -0.39 is 16.8 Å². The lowest BCUT2D eigenvalue weighted by Gasteiger charge is -2.42. The summed E-state index contributed by atoms with van der Waals surface area (Å²) in [5, 5.41) is 0.194. The highest BCUT2D eigenvalue weighted by atomic mass is 35.5. The number of benzene rings is 3. The van der Waals surface area contributed by atoms with Gasteiger partial charge in [-0.05, 0) is 120 Å². The standard InChI is InChI=1S/2C18H22O5.C17H20O5.CH2Cl2/c1-10(18(3)6-5-16(19)23-18)7-12-11(2)14-9-22-17(20)13(14)8-15(12)21-4;1-10-7-13-15(21-4)8-12-14(9-22-17(12)20)16(13)23-18(10,3)6-5-11(2)19;1-10-7-12-14(20-3)8-11-13(9-21-16(11)19)15(12)22-17(10,2)5-4-6-18;2-1-3/h2*8,10H,5-7,9H2,1-4H3;6,8,10H,4-5,7,9H2,1-3H3;1H2/t2*10-,18-;10-,17-;/m000./s1. The Morgan fingerprint density at radius 1 is 0.718 bits per heavy atom. The molecule has 1 fully saturated rings. The minimum absolute atomic E-state index is 0.129. The zero-order valence-electron chi connectivity index (χ0n) is 42.6. The lowest BCUT2D eigenvalue weighted by molar-refractivity contribution is -0.150. The van der Waals surface area contributed by atoms with Gasteiger partial charge < -0.3 is 52.2 Å². The van der Waals surface area contributed by atoms with Crippen molar-refractivity contribution in [1.82, 2.24) is 0 Å². The van der Waals surface area contributed by atoms with Gasteiger partial charge in [-0.25, -0.2) is 14.4 Å². The maximum absolute atomic E-state index is 11.9. The Bertz CT molecular complexity index is 2570. The molecule has 6 heterocycles. The fraction of sp³-hybridized carbons (Fsp3) is 0.556. The van der Waals surface area contributed by atoms with Crippen LogP contribution in [0.2, 0.25) is 0 Å². The van der Waals surface area contributed by atoms with Crippen LogP contribution in [0.4, 0.5) is 0 Å². The topological polar surface area (TPSA) is 185 Å². The highest BCUT2D eigenvalue weighted by Crippen LogP contribution is 2.50. The van der Waals surface area contributed by atoms with E-state index in [0.717, 1.165) is 70.9 Å². The monoisotopic (exact) mass is 1020 g/mol. The maximum Gasteiger partial charge on any atom is 0.339 e. The van der Waals surface area contributed by atoms with Crippen LogP contribution in [0.3, 0.4) is 0 Å². The van der Waals surface area contributed by atoms with Crippen molar-refractivity contribution >= 4 is 59.1 Å². The van der Waals surface area contributed by atoms with E-state index in [2.05, 4.69) is 20.8 Å². The summed E-state index contributed by atoms with van der Waals surface area (Å²) in [4.78, 5) is 69.1. The van der Waals surface area contributed by atoms with Crippen LogP contribution < -0.4 is 23.7 Å². The molecule has 6 aliphatic heterocycles. The number of fused-ring (bicyclic) bond motifs is 7. The van der Waals surface area contributed by atoms with Crippen molar-refractivity contribution in [3.8, 4) is 28.7 Å². The van der Waals surface area contributed by atoms with Gasteiger partial charge in [0.2, 0.25) is 0 Å². The lowest BCUT2D eigenvalue weighted by atomic mass is 9.78.